The third kappa shape index (κ3) is 3.71. The lowest BCUT2D eigenvalue weighted by molar-refractivity contribution is -0.137. The Hall–Kier alpha value is -1.59. The molecule has 1 fully saturated rings. The molecule has 108 valence electrons. The van der Waals surface area contributed by atoms with Gasteiger partial charge in [-0.25, -0.2) is 0 Å². The summed E-state index contributed by atoms with van der Waals surface area (Å²) in [5.41, 5.74) is 0.511. The Bertz CT molecular complexity index is 501. The number of hydrogen-bond acceptors (Lipinski definition) is 3. The van der Waals surface area contributed by atoms with Crippen molar-refractivity contribution in [2.75, 3.05) is 18.0 Å². The van der Waals surface area contributed by atoms with Crippen LogP contribution in [-0.4, -0.2) is 36.1 Å². The maximum atomic E-state index is 12.5. The van der Waals surface area contributed by atoms with Gasteiger partial charge >= 0.3 is 5.97 Å². The molecule has 1 amide bonds. The van der Waals surface area contributed by atoms with Gasteiger partial charge in [0, 0.05) is 10.7 Å². The highest BCUT2D eigenvalue weighted by atomic mass is 35.5. The number of halogens is 1. The molecular formula is C14H17ClN2O3. The van der Waals surface area contributed by atoms with Gasteiger partial charge in [-0.05, 0) is 37.6 Å². The third-order valence-electron chi connectivity index (χ3n) is 3.29. The summed E-state index contributed by atoms with van der Waals surface area (Å²) in [5, 5.41) is 12.6. The average molecular weight is 297 g/mol. The molecule has 1 aliphatic rings. The summed E-state index contributed by atoms with van der Waals surface area (Å²) < 4.78 is 0. The Morgan fingerprint density at radius 2 is 2.20 bits per heavy atom. The maximum Gasteiger partial charge on any atom is 0.323 e. The lowest BCUT2D eigenvalue weighted by Crippen LogP contribution is -2.50. The molecule has 5 nitrogen and oxygen atoms in total. The molecule has 0 unspecified atom stereocenters. The van der Waals surface area contributed by atoms with Crippen LogP contribution in [0.25, 0.3) is 0 Å². The Balaban J connectivity index is 2.22. The average Bonchev–Trinajstić information content (AvgIpc) is 2.45. The van der Waals surface area contributed by atoms with Gasteiger partial charge in [-0.1, -0.05) is 24.1 Å². The first-order chi connectivity index (χ1) is 9.58. The molecule has 20 heavy (non-hydrogen) atoms. The maximum absolute atomic E-state index is 12.5. The molecule has 1 aliphatic heterocycles. The topological polar surface area (TPSA) is 69.6 Å². The number of hydrogen-bond donors (Lipinski definition) is 2. The van der Waals surface area contributed by atoms with Crippen molar-refractivity contribution >= 4 is 29.2 Å². The monoisotopic (exact) mass is 296 g/mol. The van der Waals surface area contributed by atoms with E-state index in [1.165, 1.54) is 4.90 Å². The second-order valence-electron chi connectivity index (χ2n) is 4.80. The second kappa shape index (κ2) is 6.72. The third-order valence-corrected chi connectivity index (χ3v) is 3.52. The van der Waals surface area contributed by atoms with Crippen LogP contribution in [0.15, 0.2) is 24.3 Å². The molecule has 1 heterocycles. The van der Waals surface area contributed by atoms with Crippen LogP contribution in [0.5, 0.6) is 0 Å². The second-order valence-corrected chi connectivity index (χ2v) is 5.24. The smallest absolute Gasteiger partial charge is 0.323 e. The van der Waals surface area contributed by atoms with E-state index >= 15 is 0 Å². The van der Waals surface area contributed by atoms with Crippen LogP contribution < -0.4 is 10.2 Å². The number of aliphatic carboxylic acids is 1. The van der Waals surface area contributed by atoms with E-state index in [1.807, 2.05) is 0 Å². The molecule has 0 spiro atoms. The van der Waals surface area contributed by atoms with E-state index in [9.17, 15) is 9.59 Å². The van der Waals surface area contributed by atoms with Crippen LogP contribution in [0.4, 0.5) is 5.69 Å². The highest BCUT2D eigenvalue weighted by molar-refractivity contribution is 6.31. The van der Waals surface area contributed by atoms with Gasteiger partial charge in [0.05, 0.1) is 6.04 Å². The van der Waals surface area contributed by atoms with Crippen molar-refractivity contribution < 1.29 is 14.7 Å². The molecule has 0 aromatic heterocycles. The van der Waals surface area contributed by atoms with Crippen LogP contribution >= 0.6 is 11.6 Å². The minimum absolute atomic E-state index is 0.214. The molecule has 0 bridgehead atoms. The zero-order chi connectivity index (χ0) is 14.5. The zero-order valence-corrected chi connectivity index (χ0v) is 11.8. The van der Waals surface area contributed by atoms with Gasteiger partial charge in [0.15, 0.2) is 0 Å². The Morgan fingerprint density at radius 1 is 1.40 bits per heavy atom. The van der Waals surface area contributed by atoms with Gasteiger partial charge in [0.25, 0.3) is 0 Å². The number of rotatable bonds is 4. The minimum atomic E-state index is -1.05. The molecule has 6 heteroatoms. The van der Waals surface area contributed by atoms with Crippen molar-refractivity contribution in [1.29, 1.82) is 0 Å². The summed E-state index contributed by atoms with van der Waals surface area (Å²) in [6, 6.07) is 6.37. The lowest BCUT2D eigenvalue weighted by atomic mass is 10.0. The highest BCUT2D eigenvalue weighted by Crippen LogP contribution is 2.21. The van der Waals surface area contributed by atoms with Crippen molar-refractivity contribution in [3.63, 3.8) is 0 Å². The van der Waals surface area contributed by atoms with Crippen LogP contribution in [0.1, 0.15) is 19.3 Å². The number of carbonyl (C=O) groups excluding carboxylic acids is 1. The standard InChI is InChI=1S/C14H17ClN2O3/c15-10-4-3-5-11(8-10)17(9-13(18)19)14(20)12-6-1-2-7-16-12/h3-5,8,12,16H,1-2,6-7,9H2,(H,18,19)/t12-/m0/s1. The first kappa shape index (κ1) is 14.8. The molecule has 0 radical (unpaired) electrons. The van der Waals surface area contributed by atoms with E-state index in [0.717, 1.165) is 25.8 Å². The molecule has 2 rings (SSSR count). The molecule has 1 saturated heterocycles. The summed E-state index contributed by atoms with van der Waals surface area (Å²) in [6.45, 7) is 0.421. The van der Waals surface area contributed by atoms with Crippen molar-refractivity contribution in [2.45, 2.75) is 25.3 Å². The van der Waals surface area contributed by atoms with Crippen molar-refractivity contribution in [2.24, 2.45) is 0 Å². The van der Waals surface area contributed by atoms with E-state index in [2.05, 4.69) is 5.32 Å². The molecule has 1 aromatic rings. The number of benzene rings is 1. The molecule has 1 aromatic carbocycles. The Kier molecular flexibility index (Phi) is 4.98. The fourth-order valence-electron chi connectivity index (χ4n) is 2.33. The fraction of sp³-hybridized carbons (Fsp3) is 0.429. The van der Waals surface area contributed by atoms with Gasteiger partial charge in [-0.3, -0.25) is 14.5 Å². The van der Waals surface area contributed by atoms with Gasteiger partial charge < -0.3 is 10.4 Å². The zero-order valence-electron chi connectivity index (χ0n) is 11.0. The first-order valence-corrected chi connectivity index (χ1v) is 6.98. The van der Waals surface area contributed by atoms with Crippen molar-refractivity contribution in [3.05, 3.63) is 29.3 Å². The number of nitrogens with zero attached hydrogens (tertiary/aromatic N) is 1. The lowest BCUT2D eigenvalue weighted by Gasteiger charge is -2.29. The van der Waals surface area contributed by atoms with Crippen LogP contribution in [0.3, 0.4) is 0 Å². The number of nitrogens with one attached hydrogen (secondary N) is 1. The summed E-state index contributed by atoms with van der Waals surface area (Å²) in [5.74, 6) is -1.26. The molecule has 2 N–H and O–H groups in total. The van der Waals surface area contributed by atoms with Crippen molar-refractivity contribution in [3.8, 4) is 0 Å². The largest absolute Gasteiger partial charge is 0.480 e. The number of amides is 1. The number of carboxylic acids is 1. The van der Waals surface area contributed by atoms with Gasteiger partial charge in [-0.15, -0.1) is 0 Å². The number of anilines is 1. The molecule has 0 aliphatic carbocycles. The van der Waals surface area contributed by atoms with E-state index < -0.39 is 5.97 Å². The predicted octanol–water partition coefficient (Wildman–Crippen LogP) is 1.90. The van der Waals surface area contributed by atoms with Gasteiger partial charge in [0.2, 0.25) is 5.91 Å². The van der Waals surface area contributed by atoms with Gasteiger partial charge in [0.1, 0.15) is 6.54 Å². The summed E-state index contributed by atoms with van der Waals surface area (Å²) >= 11 is 5.91. The summed E-state index contributed by atoms with van der Waals surface area (Å²) in [6.07, 6.45) is 2.75. The van der Waals surface area contributed by atoms with E-state index in [-0.39, 0.29) is 18.5 Å². The van der Waals surface area contributed by atoms with Gasteiger partial charge in [-0.2, -0.15) is 0 Å². The van der Waals surface area contributed by atoms with E-state index in [0.29, 0.717) is 10.7 Å². The fourth-order valence-corrected chi connectivity index (χ4v) is 2.51. The number of carboxylic acid groups (broad SMARTS) is 1. The molecule has 1 atom stereocenters. The normalized spacial score (nSPS) is 18.6. The summed E-state index contributed by atoms with van der Waals surface area (Å²) in [4.78, 5) is 24.8. The minimum Gasteiger partial charge on any atom is -0.480 e. The predicted molar refractivity (Wildman–Crippen MR) is 77.1 cm³/mol. The van der Waals surface area contributed by atoms with Crippen LogP contribution in [0.2, 0.25) is 5.02 Å². The van der Waals surface area contributed by atoms with Crippen LogP contribution in [-0.2, 0) is 9.59 Å². The molecule has 0 saturated carbocycles. The Morgan fingerprint density at radius 3 is 2.80 bits per heavy atom. The summed E-state index contributed by atoms with van der Waals surface area (Å²) in [7, 11) is 0. The first-order valence-electron chi connectivity index (χ1n) is 6.60. The number of piperidine rings is 1. The Labute approximate surface area is 122 Å². The quantitative estimate of drug-likeness (QED) is 0.890. The highest BCUT2D eigenvalue weighted by Gasteiger charge is 2.28. The SMILES string of the molecule is O=C(O)CN(C(=O)[C@@H]1CCCCN1)c1cccc(Cl)c1. The number of carbonyl (C=O) groups is 2. The van der Waals surface area contributed by atoms with E-state index in [1.54, 1.807) is 24.3 Å². The van der Waals surface area contributed by atoms with Crippen molar-refractivity contribution in [1.82, 2.24) is 5.32 Å². The van der Waals surface area contributed by atoms with Crippen LogP contribution in [0, 0.1) is 0 Å². The van der Waals surface area contributed by atoms with E-state index in [4.69, 9.17) is 16.7 Å². The molecular weight excluding hydrogens is 280 g/mol.